The van der Waals surface area contributed by atoms with Gasteiger partial charge in [0.25, 0.3) is 5.91 Å². The molecule has 2 N–H and O–H groups in total. The van der Waals surface area contributed by atoms with Gasteiger partial charge in [0.1, 0.15) is 17.7 Å². The monoisotopic (exact) mass is 304 g/mol. The summed E-state index contributed by atoms with van der Waals surface area (Å²) in [6.07, 6.45) is 0. The number of carbonyl (C=O) groups is 2. The number of para-hydroxylation sites is 1. The van der Waals surface area contributed by atoms with Gasteiger partial charge in [0.05, 0.1) is 5.69 Å². The van der Waals surface area contributed by atoms with Gasteiger partial charge in [0.2, 0.25) is 5.91 Å². The summed E-state index contributed by atoms with van der Waals surface area (Å²) < 4.78 is 26.2. The lowest BCUT2D eigenvalue weighted by Gasteiger charge is -2.14. The zero-order valence-electron chi connectivity index (χ0n) is 11.8. The van der Waals surface area contributed by atoms with E-state index in [9.17, 15) is 18.4 Å². The highest BCUT2D eigenvalue weighted by Crippen LogP contribution is 2.12. The summed E-state index contributed by atoms with van der Waals surface area (Å²) >= 11 is 0. The van der Waals surface area contributed by atoms with E-state index in [1.807, 2.05) is 0 Å². The molecule has 0 spiro atoms. The van der Waals surface area contributed by atoms with Gasteiger partial charge in [-0.15, -0.1) is 0 Å². The summed E-state index contributed by atoms with van der Waals surface area (Å²) in [5.41, 5.74) is 0.266. The first-order valence-electron chi connectivity index (χ1n) is 6.59. The summed E-state index contributed by atoms with van der Waals surface area (Å²) in [5, 5.41) is 4.85. The number of nitrogens with one attached hydrogen (secondary N) is 2. The molecular formula is C16H14F2N2O2. The van der Waals surface area contributed by atoms with Gasteiger partial charge < -0.3 is 10.6 Å². The van der Waals surface area contributed by atoms with Crippen LogP contribution in [0, 0.1) is 11.6 Å². The van der Waals surface area contributed by atoms with Gasteiger partial charge in [-0.1, -0.05) is 12.1 Å². The first-order chi connectivity index (χ1) is 10.5. The lowest BCUT2D eigenvalue weighted by Crippen LogP contribution is -2.41. The second kappa shape index (κ2) is 6.80. The topological polar surface area (TPSA) is 58.2 Å². The van der Waals surface area contributed by atoms with Gasteiger partial charge in [0, 0.05) is 5.56 Å². The van der Waals surface area contributed by atoms with E-state index in [2.05, 4.69) is 10.6 Å². The van der Waals surface area contributed by atoms with Crippen LogP contribution in [0.2, 0.25) is 0 Å². The van der Waals surface area contributed by atoms with E-state index in [1.165, 1.54) is 37.3 Å². The lowest BCUT2D eigenvalue weighted by molar-refractivity contribution is -0.117. The van der Waals surface area contributed by atoms with Gasteiger partial charge >= 0.3 is 0 Å². The molecule has 0 aromatic heterocycles. The quantitative estimate of drug-likeness (QED) is 0.912. The van der Waals surface area contributed by atoms with Gasteiger partial charge in [-0.3, -0.25) is 9.59 Å². The third-order valence-electron chi connectivity index (χ3n) is 2.98. The van der Waals surface area contributed by atoms with E-state index in [0.29, 0.717) is 0 Å². The first kappa shape index (κ1) is 15.6. The zero-order chi connectivity index (χ0) is 16.1. The van der Waals surface area contributed by atoms with E-state index >= 15 is 0 Å². The van der Waals surface area contributed by atoms with Crippen LogP contribution in [0.1, 0.15) is 17.3 Å². The maximum atomic E-state index is 13.4. The summed E-state index contributed by atoms with van der Waals surface area (Å²) in [6.45, 7) is 1.47. The molecule has 4 nitrogen and oxygen atoms in total. The number of hydrogen-bond acceptors (Lipinski definition) is 2. The molecule has 0 aliphatic rings. The standard InChI is InChI=1S/C16H14F2N2O2/c1-10(15(21)20-14-5-3-2-4-13(14)18)19-16(22)11-6-8-12(17)9-7-11/h2-10H,1H3,(H,19,22)(H,20,21). The molecule has 2 rings (SSSR count). The van der Waals surface area contributed by atoms with E-state index < -0.39 is 29.5 Å². The summed E-state index contributed by atoms with van der Waals surface area (Å²) in [6, 6.07) is 9.78. The van der Waals surface area contributed by atoms with E-state index in [0.717, 1.165) is 12.1 Å². The van der Waals surface area contributed by atoms with Crippen molar-refractivity contribution >= 4 is 17.5 Å². The highest BCUT2D eigenvalue weighted by Gasteiger charge is 2.17. The molecule has 0 radical (unpaired) electrons. The largest absolute Gasteiger partial charge is 0.341 e. The number of halogens is 2. The molecule has 2 amide bonds. The number of amides is 2. The Bertz CT molecular complexity index is 687. The van der Waals surface area contributed by atoms with Crippen molar-refractivity contribution in [2.24, 2.45) is 0 Å². The number of anilines is 1. The highest BCUT2D eigenvalue weighted by molar-refractivity contribution is 6.00. The summed E-state index contributed by atoms with van der Waals surface area (Å²) in [4.78, 5) is 23.8. The molecular weight excluding hydrogens is 290 g/mol. The third-order valence-corrected chi connectivity index (χ3v) is 2.98. The van der Waals surface area contributed by atoms with E-state index in [1.54, 1.807) is 6.07 Å². The molecule has 2 aromatic carbocycles. The van der Waals surface area contributed by atoms with Crippen LogP contribution in [0.5, 0.6) is 0 Å². The fourth-order valence-electron chi connectivity index (χ4n) is 1.75. The maximum absolute atomic E-state index is 13.4. The van der Waals surface area contributed by atoms with Gasteiger partial charge in [0.15, 0.2) is 0 Å². The molecule has 0 bridgehead atoms. The molecule has 22 heavy (non-hydrogen) atoms. The highest BCUT2D eigenvalue weighted by atomic mass is 19.1. The van der Waals surface area contributed by atoms with Gasteiger partial charge in [-0.05, 0) is 43.3 Å². The van der Waals surface area contributed by atoms with Crippen molar-refractivity contribution in [1.82, 2.24) is 5.32 Å². The molecule has 114 valence electrons. The van der Waals surface area contributed by atoms with Crippen LogP contribution in [0.25, 0.3) is 0 Å². The van der Waals surface area contributed by atoms with Crippen LogP contribution in [0.15, 0.2) is 48.5 Å². The SMILES string of the molecule is CC(NC(=O)c1ccc(F)cc1)C(=O)Nc1ccccc1F. The Hall–Kier alpha value is -2.76. The summed E-state index contributed by atoms with van der Waals surface area (Å²) in [5.74, 6) is -2.09. The van der Waals surface area contributed by atoms with Crippen LogP contribution in [0.3, 0.4) is 0 Å². The van der Waals surface area contributed by atoms with Crippen LogP contribution in [-0.2, 0) is 4.79 Å². The lowest BCUT2D eigenvalue weighted by atomic mass is 10.2. The molecule has 0 heterocycles. The molecule has 1 atom stereocenters. The number of hydrogen-bond donors (Lipinski definition) is 2. The molecule has 6 heteroatoms. The Morgan fingerprint density at radius 1 is 1.00 bits per heavy atom. The minimum atomic E-state index is -0.878. The average Bonchev–Trinajstić information content (AvgIpc) is 2.50. The Morgan fingerprint density at radius 3 is 2.27 bits per heavy atom. The van der Waals surface area contributed by atoms with Crippen molar-refractivity contribution in [1.29, 1.82) is 0 Å². The van der Waals surface area contributed by atoms with Crippen LogP contribution < -0.4 is 10.6 Å². The minimum Gasteiger partial charge on any atom is -0.341 e. The maximum Gasteiger partial charge on any atom is 0.251 e. The van der Waals surface area contributed by atoms with Crippen molar-refractivity contribution in [2.45, 2.75) is 13.0 Å². The normalized spacial score (nSPS) is 11.6. The Labute approximate surface area is 126 Å². The van der Waals surface area contributed by atoms with Crippen LogP contribution in [-0.4, -0.2) is 17.9 Å². The van der Waals surface area contributed by atoms with Gasteiger partial charge in [-0.2, -0.15) is 0 Å². The molecule has 0 aliphatic carbocycles. The minimum absolute atomic E-state index is 0.0374. The van der Waals surface area contributed by atoms with E-state index in [4.69, 9.17) is 0 Å². The van der Waals surface area contributed by atoms with Crippen molar-refractivity contribution in [3.63, 3.8) is 0 Å². The van der Waals surface area contributed by atoms with Gasteiger partial charge in [-0.25, -0.2) is 8.78 Å². The molecule has 0 aliphatic heterocycles. The zero-order valence-corrected chi connectivity index (χ0v) is 11.8. The number of carbonyl (C=O) groups excluding carboxylic acids is 2. The predicted molar refractivity (Wildman–Crippen MR) is 78.4 cm³/mol. The fourth-order valence-corrected chi connectivity index (χ4v) is 1.75. The number of benzene rings is 2. The van der Waals surface area contributed by atoms with Crippen molar-refractivity contribution in [3.05, 3.63) is 65.7 Å². The summed E-state index contributed by atoms with van der Waals surface area (Å²) in [7, 11) is 0. The average molecular weight is 304 g/mol. The second-order valence-electron chi connectivity index (χ2n) is 4.67. The number of rotatable bonds is 4. The predicted octanol–water partition coefficient (Wildman–Crippen LogP) is 2.72. The third kappa shape index (κ3) is 3.88. The molecule has 1 unspecified atom stereocenters. The second-order valence-corrected chi connectivity index (χ2v) is 4.67. The Morgan fingerprint density at radius 2 is 1.64 bits per heavy atom. The smallest absolute Gasteiger partial charge is 0.251 e. The molecule has 2 aromatic rings. The van der Waals surface area contributed by atoms with E-state index in [-0.39, 0.29) is 11.3 Å². The van der Waals surface area contributed by atoms with Crippen LogP contribution >= 0.6 is 0 Å². The first-order valence-corrected chi connectivity index (χ1v) is 6.59. The van der Waals surface area contributed by atoms with Crippen molar-refractivity contribution in [2.75, 3.05) is 5.32 Å². The molecule has 0 saturated carbocycles. The molecule has 0 fully saturated rings. The van der Waals surface area contributed by atoms with Crippen molar-refractivity contribution in [3.8, 4) is 0 Å². The Kier molecular flexibility index (Phi) is 4.83. The fraction of sp³-hybridized carbons (Fsp3) is 0.125. The molecule has 0 saturated heterocycles. The Balaban J connectivity index is 1.98. The van der Waals surface area contributed by atoms with Crippen LogP contribution in [0.4, 0.5) is 14.5 Å². The van der Waals surface area contributed by atoms with Crippen molar-refractivity contribution < 1.29 is 18.4 Å².